The van der Waals surface area contributed by atoms with Gasteiger partial charge >= 0.3 is 39.5 Å². The van der Waals surface area contributed by atoms with Crippen molar-refractivity contribution in [3.8, 4) is 0 Å². The van der Waals surface area contributed by atoms with E-state index in [2.05, 4.69) is 222 Å². The number of carbonyl (C=O) groups excluding carboxylic acids is 4. The van der Waals surface area contributed by atoms with Crippen LogP contribution in [0.3, 0.4) is 0 Å². The Balaban J connectivity index is 5.49. The lowest BCUT2D eigenvalue weighted by Gasteiger charge is -2.21. The zero-order valence-electron chi connectivity index (χ0n) is 69.5. The highest BCUT2D eigenvalue weighted by atomic mass is 31.2. The minimum Gasteiger partial charge on any atom is -0.462 e. The molecule has 5 unspecified atom stereocenters. The number of ether oxygens (including phenoxy) is 4. The van der Waals surface area contributed by atoms with Crippen LogP contribution in [-0.2, 0) is 65.4 Å². The first-order valence-corrected chi connectivity index (χ1v) is 45.7. The van der Waals surface area contributed by atoms with Crippen molar-refractivity contribution in [3.63, 3.8) is 0 Å². The molecule has 0 rings (SSSR count). The molecule has 0 radical (unpaired) electrons. The van der Waals surface area contributed by atoms with E-state index in [9.17, 15) is 43.2 Å². The summed E-state index contributed by atoms with van der Waals surface area (Å²) in [4.78, 5) is 73.3. The van der Waals surface area contributed by atoms with Gasteiger partial charge in [0.15, 0.2) is 12.2 Å². The fourth-order valence-corrected chi connectivity index (χ4v) is 12.3. The number of aliphatic hydroxyl groups is 1. The molecule has 0 heterocycles. The summed E-state index contributed by atoms with van der Waals surface area (Å²) in [6, 6.07) is 0. The summed E-state index contributed by atoms with van der Waals surface area (Å²) in [5.74, 6) is -2.28. The van der Waals surface area contributed by atoms with E-state index >= 15 is 0 Å². The lowest BCUT2D eigenvalue weighted by molar-refractivity contribution is -0.161. The Morgan fingerprint density at radius 2 is 0.438 bits per heavy atom. The van der Waals surface area contributed by atoms with Gasteiger partial charge in [0.05, 0.1) is 26.4 Å². The first kappa shape index (κ1) is 106. The maximum Gasteiger partial charge on any atom is 0.472 e. The van der Waals surface area contributed by atoms with Crippen molar-refractivity contribution in [3.05, 3.63) is 194 Å². The van der Waals surface area contributed by atoms with E-state index in [1.165, 1.54) is 0 Å². The van der Waals surface area contributed by atoms with Crippen molar-refractivity contribution >= 4 is 39.5 Å². The summed E-state index contributed by atoms with van der Waals surface area (Å²) in [6.45, 7) is 4.33. The number of allylic oxidation sites excluding steroid dienone is 32. The molecule has 0 saturated heterocycles. The standard InChI is InChI=1S/C93H150O17P2/c1-5-9-13-17-21-25-29-33-37-41-43-47-50-54-58-62-66-70-74-78-91(96)104-84-89(110-93(98)80-76-72-68-64-60-56-52-48-44-42-38-34-30-26-22-18-14-10-6-2)86-108-112(101,102)106-82-87(94)81-105-111(99,100)107-85-88(109-92(97)79-75-71-67-63-59-55-51-46-40-36-32-28-24-20-16-12-8-4)83-103-90(95)77-73-69-65-61-57-53-49-45-39-35-31-27-23-19-15-11-7-3/h9-16,21-28,33-40,43-44,47-48,54,56,58,60,87-89,94H,5-8,17-20,29-32,41-42,45-46,49-53,55,57,59,61-86H2,1-4H3,(H,99,100)(H,101,102)/b13-9-,14-10-,15-11-,16-12-,25-21-,26-22-,27-23-,28-24-,37-33-,38-34-,39-35-,40-36-,47-43-,48-44-,58-54-,60-56-. The predicted molar refractivity (Wildman–Crippen MR) is 463 cm³/mol. The van der Waals surface area contributed by atoms with Gasteiger partial charge in [0, 0.05) is 25.7 Å². The van der Waals surface area contributed by atoms with Gasteiger partial charge in [0.1, 0.15) is 19.3 Å². The second-order valence-corrected chi connectivity index (χ2v) is 30.5. The predicted octanol–water partition coefficient (Wildman–Crippen LogP) is 25.7. The number of unbranched alkanes of at least 4 members (excludes halogenated alkanes) is 20. The summed E-state index contributed by atoms with van der Waals surface area (Å²) in [6.07, 6.45) is 102. The summed E-state index contributed by atoms with van der Waals surface area (Å²) in [5, 5.41) is 10.7. The largest absolute Gasteiger partial charge is 0.472 e. The van der Waals surface area contributed by atoms with Crippen LogP contribution in [0.4, 0.5) is 0 Å². The molecule has 0 aromatic rings. The highest BCUT2D eigenvalue weighted by molar-refractivity contribution is 7.47. The van der Waals surface area contributed by atoms with Gasteiger partial charge in [0.25, 0.3) is 0 Å². The molecule has 0 saturated carbocycles. The van der Waals surface area contributed by atoms with Crippen molar-refractivity contribution in [2.45, 2.75) is 329 Å². The van der Waals surface area contributed by atoms with E-state index < -0.39 is 97.5 Å². The number of esters is 4. The molecule has 19 heteroatoms. The van der Waals surface area contributed by atoms with E-state index in [0.29, 0.717) is 25.7 Å². The van der Waals surface area contributed by atoms with Crippen molar-refractivity contribution in [2.24, 2.45) is 0 Å². The highest BCUT2D eigenvalue weighted by Gasteiger charge is 2.30. The van der Waals surface area contributed by atoms with Gasteiger partial charge in [0.2, 0.25) is 0 Å². The van der Waals surface area contributed by atoms with Crippen LogP contribution in [0.25, 0.3) is 0 Å². The maximum absolute atomic E-state index is 13.2. The fourth-order valence-electron chi connectivity index (χ4n) is 10.7. The van der Waals surface area contributed by atoms with Crippen LogP contribution in [0.2, 0.25) is 0 Å². The van der Waals surface area contributed by atoms with Gasteiger partial charge in [-0.05, 0) is 180 Å². The van der Waals surface area contributed by atoms with Crippen LogP contribution in [0.1, 0.15) is 310 Å². The average Bonchev–Trinajstić information content (AvgIpc) is 0.898. The quantitative estimate of drug-likeness (QED) is 0.0169. The van der Waals surface area contributed by atoms with Crippen molar-refractivity contribution < 1.29 is 80.2 Å². The number of aliphatic hydroxyl groups excluding tert-OH is 1. The lowest BCUT2D eigenvalue weighted by atomic mass is 10.1. The molecule has 0 bridgehead atoms. The molecule has 0 aromatic heterocycles. The first-order chi connectivity index (χ1) is 54.7. The summed E-state index contributed by atoms with van der Waals surface area (Å²) < 4.78 is 68.8. The van der Waals surface area contributed by atoms with Gasteiger partial charge in [-0.1, -0.05) is 299 Å². The van der Waals surface area contributed by atoms with Gasteiger partial charge in [-0.2, -0.15) is 0 Å². The van der Waals surface area contributed by atoms with Crippen LogP contribution >= 0.6 is 15.6 Å². The minimum absolute atomic E-state index is 0.0401. The number of hydrogen-bond acceptors (Lipinski definition) is 15. The van der Waals surface area contributed by atoms with Crippen LogP contribution in [0.15, 0.2) is 194 Å². The van der Waals surface area contributed by atoms with E-state index in [1.54, 1.807) is 0 Å². The zero-order valence-corrected chi connectivity index (χ0v) is 71.3. The minimum atomic E-state index is -5.01. The molecule has 0 aliphatic carbocycles. The van der Waals surface area contributed by atoms with Crippen LogP contribution in [0.5, 0.6) is 0 Å². The molecule has 634 valence electrons. The maximum atomic E-state index is 13.2. The van der Waals surface area contributed by atoms with E-state index in [1.807, 2.05) is 0 Å². The summed E-state index contributed by atoms with van der Waals surface area (Å²) in [5.41, 5.74) is 0. The monoisotopic (exact) mass is 1600 g/mol. The van der Waals surface area contributed by atoms with E-state index in [-0.39, 0.29) is 25.7 Å². The fraction of sp³-hybridized carbons (Fsp3) is 0.613. The van der Waals surface area contributed by atoms with Gasteiger partial charge in [-0.25, -0.2) is 9.13 Å². The number of phosphoric acid groups is 2. The molecule has 0 spiro atoms. The molecule has 0 aliphatic rings. The highest BCUT2D eigenvalue weighted by Crippen LogP contribution is 2.45. The first-order valence-electron chi connectivity index (χ1n) is 42.7. The van der Waals surface area contributed by atoms with E-state index in [0.717, 1.165) is 231 Å². The third-order valence-electron chi connectivity index (χ3n) is 17.0. The van der Waals surface area contributed by atoms with Gasteiger partial charge in [-0.15, -0.1) is 0 Å². The smallest absolute Gasteiger partial charge is 0.462 e. The second kappa shape index (κ2) is 82.9. The Hall–Kier alpha value is -6.10. The van der Waals surface area contributed by atoms with Crippen molar-refractivity contribution in [2.75, 3.05) is 39.6 Å². The molecule has 17 nitrogen and oxygen atoms in total. The number of rotatable bonds is 78. The molecule has 0 aliphatic heterocycles. The average molecular weight is 1600 g/mol. The molecule has 5 atom stereocenters. The molecule has 0 fully saturated rings. The normalized spacial score (nSPS) is 14.7. The van der Waals surface area contributed by atoms with Crippen LogP contribution < -0.4 is 0 Å². The third kappa shape index (κ3) is 81.9. The summed E-state index contributed by atoms with van der Waals surface area (Å²) in [7, 11) is -10.0. The Morgan fingerprint density at radius 3 is 0.679 bits per heavy atom. The molecular formula is C93H150O17P2. The Bertz CT molecular complexity index is 2890. The molecule has 0 aromatic carbocycles. The van der Waals surface area contributed by atoms with Crippen molar-refractivity contribution in [1.82, 2.24) is 0 Å². The third-order valence-corrected chi connectivity index (χ3v) is 18.9. The number of hydrogen-bond donors (Lipinski definition) is 3. The van der Waals surface area contributed by atoms with Crippen LogP contribution in [-0.4, -0.2) is 96.7 Å². The van der Waals surface area contributed by atoms with Gasteiger partial charge in [-0.3, -0.25) is 37.3 Å². The van der Waals surface area contributed by atoms with E-state index in [4.69, 9.17) is 37.0 Å². The molecule has 0 amide bonds. The molecule has 3 N–H and O–H groups in total. The van der Waals surface area contributed by atoms with Crippen LogP contribution in [0, 0.1) is 0 Å². The number of phosphoric ester groups is 2. The number of carbonyl (C=O) groups is 4. The lowest BCUT2D eigenvalue weighted by Crippen LogP contribution is -2.30. The Labute approximate surface area is 678 Å². The second-order valence-electron chi connectivity index (χ2n) is 27.6. The zero-order chi connectivity index (χ0) is 81.7. The summed E-state index contributed by atoms with van der Waals surface area (Å²) >= 11 is 0. The van der Waals surface area contributed by atoms with Crippen molar-refractivity contribution in [1.29, 1.82) is 0 Å². The Morgan fingerprint density at radius 1 is 0.250 bits per heavy atom. The Kier molecular flexibility index (Phi) is 78.4. The topological polar surface area (TPSA) is 237 Å². The SMILES string of the molecule is CC/C=C\C/C=C\C/C=C\C/C=C\C/C=C\CCCCCC(=O)OCC(COP(=O)(O)OCC(O)COP(=O)(O)OCC(COC(=O)CCCCCCCCC/C=C\C/C=C\C/C=C\CC)OC(=O)CCCCCCCCC/C=C\C/C=C\C/C=C\CC)OC(=O)CCCCC/C=C\C/C=C\C/C=C\C/C=C\C/C=C\CC. The molecular weight excluding hydrogens is 1450 g/mol. The van der Waals surface area contributed by atoms with Gasteiger partial charge < -0.3 is 33.8 Å². The molecule has 112 heavy (non-hydrogen) atoms.